The molecule has 0 N–H and O–H groups in total. The third-order valence-electron chi connectivity index (χ3n) is 6.32. The van der Waals surface area contributed by atoms with E-state index in [0.717, 1.165) is 43.3 Å². The van der Waals surface area contributed by atoms with Crippen molar-refractivity contribution in [2.45, 2.75) is 44.2 Å². The average Bonchev–Trinajstić information content (AvgIpc) is 2.72. The normalized spacial score (nSPS) is 18.7. The van der Waals surface area contributed by atoms with Gasteiger partial charge in [-0.25, -0.2) is 9.97 Å². The third-order valence-corrected chi connectivity index (χ3v) is 6.32. The van der Waals surface area contributed by atoms with Gasteiger partial charge in [-0.1, -0.05) is 6.42 Å². The van der Waals surface area contributed by atoms with Crippen molar-refractivity contribution in [3.63, 3.8) is 0 Å². The molecular formula is C23H26N4O2. The maximum atomic E-state index is 12.6. The van der Waals surface area contributed by atoms with Crippen LogP contribution in [0, 0.1) is 0 Å². The summed E-state index contributed by atoms with van der Waals surface area (Å²) in [6.45, 7) is 2.29. The third kappa shape index (κ3) is 3.53. The van der Waals surface area contributed by atoms with Gasteiger partial charge in [0.15, 0.2) is 5.52 Å². The molecule has 3 aromatic rings. The van der Waals surface area contributed by atoms with E-state index in [0.29, 0.717) is 16.9 Å². The lowest BCUT2D eigenvalue weighted by molar-refractivity contribution is 0.0493. The highest BCUT2D eigenvalue weighted by molar-refractivity contribution is 5.75. The van der Waals surface area contributed by atoms with Gasteiger partial charge in [-0.05, 0) is 62.1 Å². The van der Waals surface area contributed by atoms with Crippen molar-refractivity contribution < 1.29 is 4.74 Å². The van der Waals surface area contributed by atoms with Gasteiger partial charge in [-0.3, -0.25) is 9.36 Å². The van der Waals surface area contributed by atoms with Gasteiger partial charge in [-0.15, -0.1) is 0 Å². The minimum atomic E-state index is -0.135. The number of hydrogen-bond donors (Lipinski definition) is 0. The maximum Gasteiger partial charge on any atom is 0.280 e. The predicted molar refractivity (Wildman–Crippen MR) is 113 cm³/mol. The second-order valence-corrected chi connectivity index (χ2v) is 8.13. The Labute approximate surface area is 170 Å². The van der Waals surface area contributed by atoms with Crippen LogP contribution in [0.15, 0.2) is 47.4 Å². The molecule has 1 saturated heterocycles. The van der Waals surface area contributed by atoms with Gasteiger partial charge >= 0.3 is 0 Å². The van der Waals surface area contributed by atoms with Crippen molar-refractivity contribution >= 4 is 11.0 Å². The fraction of sp³-hybridized carbons (Fsp3) is 0.435. The van der Waals surface area contributed by atoms with E-state index in [-0.39, 0.29) is 11.7 Å². The summed E-state index contributed by atoms with van der Waals surface area (Å²) in [5.74, 6) is 1.51. The SMILES string of the molecule is Cn1c(-c2ccc(OC3CCN(C4CCC4)CC3)cc2)nc2cccnc2c1=O. The lowest BCUT2D eigenvalue weighted by Crippen LogP contribution is -2.46. The lowest BCUT2D eigenvalue weighted by atomic mass is 9.90. The summed E-state index contributed by atoms with van der Waals surface area (Å²) in [6, 6.07) is 12.4. The fourth-order valence-corrected chi connectivity index (χ4v) is 4.34. The minimum absolute atomic E-state index is 0.135. The summed E-state index contributed by atoms with van der Waals surface area (Å²) in [5.41, 5.74) is 1.77. The van der Waals surface area contributed by atoms with Crippen molar-refractivity contribution in [3.05, 3.63) is 52.9 Å². The highest BCUT2D eigenvalue weighted by Crippen LogP contribution is 2.29. The van der Waals surface area contributed by atoms with Crippen LogP contribution in [0.1, 0.15) is 32.1 Å². The summed E-state index contributed by atoms with van der Waals surface area (Å²) < 4.78 is 7.78. The first-order valence-electron chi connectivity index (χ1n) is 10.5. The molecule has 0 radical (unpaired) electrons. The van der Waals surface area contributed by atoms with E-state index in [4.69, 9.17) is 4.74 Å². The molecule has 1 saturated carbocycles. The van der Waals surface area contributed by atoms with Gasteiger partial charge in [-0.2, -0.15) is 0 Å². The second-order valence-electron chi connectivity index (χ2n) is 8.13. The molecule has 5 rings (SSSR count). The Balaban J connectivity index is 1.30. The van der Waals surface area contributed by atoms with Crippen LogP contribution in [0.25, 0.3) is 22.4 Å². The molecule has 150 valence electrons. The number of rotatable bonds is 4. The first-order chi connectivity index (χ1) is 14.2. The van der Waals surface area contributed by atoms with Crippen molar-refractivity contribution in [2.75, 3.05) is 13.1 Å². The number of hydrogen-bond acceptors (Lipinski definition) is 5. The van der Waals surface area contributed by atoms with Crippen LogP contribution in [0.4, 0.5) is 0 Å². The van der Waals surface area contributed by atoms with E-state index in [1.807, 2.05) is 30.3 Å². The number of ether oxygens (including phenoxy) is 1. The molecule has 1 aromatic carbocycles. The Morgan fingerprint density at radius 3 is 2.48 bits per heavy atom. The Kier molecular flexibility index (Phi) is 4.79. The van der Waals surface area contributed by atoms with Crippen molar-refractivity contribution in [3.8, 4) is 17.1 Å². The summed E-state index contributed by atoms with van der Waals surface area (Å²) in [5, 5.41) is 0. The lowest BCUT2D eigenvalue weighted by Gasteiger charge is -2.41. The molecule has 6 heteroatoms. The molecule has 1 aliphatic heterocycles. The number of piperidine rings is 1. The van der Waals surface area contributed by atoms with E-state index < -0.39 is 0 Å². The molecule has 1 aliphatic carbocycles. The molecule has 2 aromatic heterocycles. The smallest absolute Gasteiger partial charge is 0.280 e. The zero-order valence-corrected chi connectivity index (χ0v) is 16.8. The number of nitrogens with zero attached hydrogens (tertiary/aromatic N) is 4. The van der Waals surface area contributed by atoms with E-state index in [1.54, 1.807) is 23.9 Å². The van der Waals surface area contributed by atoms with Crippen LogP contribution in [0.5, 0.6) is 5.75 Å². The van der Waals surface area contributed by atoms with Gasteiger partial charge in [0.2, 0.25) is 0 Å². The first-order valence-corrected chi connectivity index (χ1v) is 10.5. The maximum absolute atomic E-state index is 12.6. The topological polar surface area (TPSA) is 60.2 Å². The zero-order chi connectivity index (χ0) is 19.8. The fourth-order valence-electron chi connectivity index (χ4n) is 4.34. The Hall–Kier alpha value is -2.73. The molecule has 0 spiro atoms. The molecular weight excluding hydrogens is 364 g/mol. The molecule has 29 heavy (non-hydrogen) atoms. The number of aromatic nitrogens is 3. The molecule has 0 atom stereocenters. The average molecular weight is 390 g/mol. The van der Waals surface area contributed by atoms with Crippen molar-refractivity contribution in [1.82, 2.24) is 19.4 Å². The van der Waals surface area contributed by atoms with Crippen LogP contribution >= 0.6 is 0 Å². The summed E-state index contributed by atoms with van der Waals surface area (Å²) in [7, 11) is 1.74. The highest BCUT2D eigenvalue weighted by Gasteiger charge is 2.29. The Morgan fingerprint density at radius 1 is 1.03 bits per heavy atom. The van der Waals surface area contributed by atoms with Crippen molar-refractivity contribution in [2.24, 2.45) is 7.05 Å². The molecule has 2 aliphatic rings. The van der Waals surface area contributed by atoms with Crippen LogP contribution in [0.3, 0.4) is 0 Å². The van der Waals surface area contributed by atoms with Crippen LogP contribution in [-0.4, -0.2) is 44.7 Å². The Bertz CT molecular complexity index is 1060. The van der Waals surface area contributed by atoms with Crippen LogP contribution < -0.4 is 10.3 Å². The van der Waals surface area contributed by atoms with Gasteiger partial charge < -0.3 is 9.64 Å². The molecule has 0 amide bonds. The van der Waals surface area contributed by atoms with E-state index in [1.165, 1.54) is 19.3 Å². The highest BCUT2D eigenvalue weighted by atomic mass is 16.5. The number of pyridine rings is 1. The van der Waals surface area contributed by atoms with Gasteiger partial charge in [0, 0.05) is 37.9 Å². The molecule has 2 fully saturated rings. The first kappa shape index (κ1) is 18.3. The summed E-state index contributed by atoms with van der Waals surface area (Å²) in [4.78, 5) is 24.0. The van der Waals surface area contributed by atoms with E-state index in [9.17, 15) is 4.79 Å². The number of fused-ring (bicyclic) bond motifs is 1. The summed E-state index contributed by atoms with van der Waals surface area (Å²) >= 11 is 0. The second kappa shape index (κ2) is 7.59. The quantitative estimate of drug-likeness (QED) is 0.683. The van der Waals surface area contributed by atoms with E-state index in [2.05, 4.69) is 14.9 Å². The number of benzene rings is 1. The van der Waals surface area contributed by atoms with E-state index >= 15 is 0 Å². The van der Waals surface area contributed by atoms with Gasteiger partial charge in [0.1, 0.15) is 17.7 Å². The summed E-state index contributed by atoms with van der Waals surface area (Å²) in [6.07, 6.45) is 8.21. The number of likely N-dealkylation sites (tertiary alicyclic amines) is 1. The van der Waals surface area contributed by atoms with Crippen LogP contribution in [-0.2, 0) is 7.05 Å². The van der Waals surface area contributed by atoms with Crippen molar-refractivity contribution in [1.29, 1.82) is 0 Å². The van der Waals surface area contributed by atoms with Crippen LogP contribution in [0.2, 0.25) is 0 Å². The molecule has 3 heterocycles. The zero-order valence-electron chi connectivity index (χ0n) is 16.8. The minimum Gasteiger partial charge on any atom is -0.490 e. The largest absolute Gasteiger partial charge is 0.490 e. The van der Waals surface area contributed by atoms with Gasteiger partial charge in [0.25, 0.3) is 5.56 Å². The molecule has 0 bridgehead atoms. The Morgan fingerprint density at radius 2 is 1.79 bits per heavy atom. The standard InChI is InChI=1S/C23H26N4O2/c1-26-22(25-20-6-3-13-24-21(20)23(26)28)16-7-9-18(10-8-16)29-19-11-14-27(15-12-19)17-4-2-5-17/h3,6-10,13,17,19H,2,4-5,11-12,14-15H2,1H3. The molecule has 0 unspecified atom stereocenters. The monoisotopic (exact) mass is 390 g/mol. The van der Waals surface area contributed by atoms with Gasteiger partial charge in [0.05, 0.1) is 5.52 Å². The molecule has 6 nitrogen and oxygen atoms in total. The predicted octanol–water partition coefficient (Wildman–Crippen LogP) is 3.39.